The SMILES string of the molecule is Cc1nccc(C(=O)CCC(C)C)n1. The Morgan fingerprint density at radius 3 is 2.79 bits per heavy atom. The molecule has 0 amide bonds. The van der Waals surface area contributed by atoms with Crippen LogP contribution in [-0.4, -0.2) is 15.8 Å². The van der Waals surface area contributed by atoms with Gasteiger partial charge in [-0.15, -0.1) is 0 Å². The lowest BCUT2D eigenvalue weighted by molar-refractivity contribution is 0.0970. The van der Waals surface area contributed by atoms with Gasteiger partial charge in [0.25, 0.3) is 0 Å². The van der Waals surface area contributed by atoms with E-state index in [4.69, 9.17) is 0 Å². The summed E-state index contributed by atoms with van der Waals surface area (Å²) in [6.45, 7) is 6.01. The third-order valence-electron chi connectivity index (χ3n) is 2.01. The summed E-state index contributed by atoms with van der Waals surface area (Å²) in [6.07, 6.45) is 3.13. The van der Waals surface area contributed by atoms with Crippen molar-refractivity contribution in [2.45, 2.75) is 33.6 Å². The van der Waals surface area contributed by atoms with Gasteiger partial charge in [-0.3, -0.25) is 4.79 Å². The molecule has 0 saturated carbocycles. The number of ketones is 1. The van der Waals surface area contributed by atoms with Gasteiger partial charge in [-0.05, 0) is 25.3 Å². The van der Waals surface area contributed by atoms with E-state index in [9.17, 15) is 4.79 Å². The standard InChI is InChI=1S/C11H16N2O/c1-8(2)4-5-11(14)10-6-7-12-9(3)13-10/h6-8H,4-5H2,1-3H3. The van der Waals surface area contributed by atoms with Crippen molar-refractivity contribution in [1.82, 2.24) is 9.97 Å². The van der Waals surface area contributed by atoms with Crippen molar-refractivity contribution >= 4 is 5.78 Å². The van der Waals surface area contributed by atoms with Gasteiger partial charge in [-0.25, -0.2) is 9.97 Å². The monoisotopic (exact) mass is 192 g/mol. The van der Waals surface area contributed by atoms with Crippen molar-refractivity contribution in [3.63, 3.8) is 0 Å². The van der Waals surface area contributed by atoms with Crippen LogP contribution < -0.4 is 0 Å². The molecular formula is C11H16N2O. The van der Waals surface area contributed by atoms with Crippen molar-refractivity contribution < 1.29 is 4.79 Å². The molecule has 0 spiro atoms. The molecule has 1 aromatic rings. The number of aromatic nitrogens is 2. The first kappa shape index (κ1) is 10.8. The second-order valence-corrected chi connectivity index (χ2v) is 3.84. The lowest BCUT2D eigenvalue weighted by atomic mass is 10.0. The van der Waals surface area contributed by atoms with Gasteiger partial charge in [0.2, 0.25) is 0 Å². The molecule has 1 heterocycles. The van der Waals surface area contributed by atoms with Gasteiger partial charge in [0.15, 0.2) is 5.78 Å². The number of aryl methyl sites for hydroxylation is 1. The Morgan fingerprint density at radius 2 is 2.21 bits per heavy atom. The molecule has 0 fully saturated rings. The number of nitrogens with zero attached hydrogens (tertiary/aromatic N) is 2. The summed E-state index contributed by atoms with van der Waals surface area (Å²) in [5.74, 6) is 1.33. The van der Waals surface area contributed by atoms with Crippen LogP contribution in [-0.2, 0) is 0 Å². The van der Waals surface area contributed by atoms with E-state index in [2.05, 4.69) is 23.8 Å². The molecule has 0 unspecified atom stereocenters. The average Bonchev–Trinajstić information content (AvgIpc) is 2.14. The first-order chi connectivity index (χ1) is 6.59. The zero-order chi connectivity index (χ0) is 10.6. The summed E-state index contributed by atoms with van der Waals surface area (Å²) in [5, 5.41) is 0. The fraction of sp³-hybridized carbons (Fsp3) is 0.545. The molecule has 76 valence electrons. The van der Waals surface area contributed by atoms with Gasteiger partial charge in [0.05, 0.1) is 0 Å². The van der Waals surface area contributed by atoms with Crippen LogP contribution in [0.2, 0.25) is 0 Å². The Morgan fingerprint density at radius 1 is 1.50 bits per heavy atom. The van der Waals surface area contributed by atoms with Crippen LogP contribution >= 0.6 is 0 Å². The smallest absolute Gasteiger partial charge is 0.181 e. The largest absolute Gasteiger partial charge is 0.292 e. The van der Waals surface area contributed by atoms with E-state index in [1.807, 2.05) is 0 Å². The zero-order valence-electron chi connectivity index (χ0n) is 8.95. The van der Waals surface area contributed by atoms with Crippen LogP contribution in [0.15, 0.2) is 12.3 Å². The van der Waals surface area contributed by atoms with E-state index in [1.165, 1.54) is 0 Å². The molecule has 3 nitrogen and oxygen atoms in total. The van der Waals surface area contributed by atoms with Gasteiger partial charge >= 0.3 is 0 Å². The predicted molar refractivity (Wildman–Crippen MR) is 55.2 cm³/mol. The Labute approximate surface area is 84.6 Å². The minimum Gasteiger partial charge on any atom is -0.292 e. The molecule has 1 rings (SSSR count). The van der Waals surface area contributed by atoms with Crippen LogP contribution in [0.25, 0.3) is 0 Å². The minimum absolute atomic E-state index is 0.115. The maximum absolute atomic E-state index is 11.6. The third kappa shape index (κ3) is 3.24. The summed E-state index contributed by atoms with van der Waals surface area (Å²) in [6, 6.07) is 1.68. The highest BCUT2D eigenvalue weighted by molar-refractivity contribution is 5.94. The van der Waals surface area contributed by atoms with Crippen LogP contribution in [0.4, 0.5) is 0 Å². The van der Waals surface area contributed by atoms with E-state index < -0.39 is 0 Å². The fourth-order valence-corrected chi connectivity index (χ4v) is 1.16. The van der Waals surface area contributed by atoms with Gasteiger partial charge < -0.3 is 0 Å². The predicted octanol–water partition coefficient (Wildman–Crippen LogP) is 2.40. The summed E-state index contributed by atoms with van der Waals surface area (Å²) in [5.41, 5.74) is 0.540. The molecule has 0 aliphatic heterocycles. The molecule has 0 saturated heterocycles. The molecule has 0 N–H and O–H groups in total. The average molecular weight is 192 g/mol. The molecule has 0 aliphatic rings. The van der Waals surface area contributed by atoms with Crippen LogP contribution in [0.1, 0.15) is 43.0 Å². The maximum Gasteiger partial charge on any atom is 0.181 e. The number of hydrogen-bond acceptors (Lipinski definition) is 3. The van der Waals surface area contributed by atoms with Crippen molar-refractivity contribution in [2.24, 2.45) is 5.92 Å². The Kier molecular flexibility index (Phi) is 3.74. The van der Waals surface area contributed by atoms with Crippen LogP contribution in [0.5, 0.6) is 0 Å². The van der Waals surface area contributed by atoms with Crippen molar-refractivity contribution in [3.8, 4) is 0 Å². The van der Waals surface area contributed by atoms with Gasteiger partial charge in [0, 0.05) is 12.6 Å². The van der Waals surface area contributed by atoms with E-state index in [-0.39, 0.29) is 5.78 Å². The highest BCUT2D eigenvalue weighted by Crippen LogP contribution is 2.08. The van der Waals surface area contributed by atoms with E-state index in [0.29, 0.717) is 23.9 Å². The topological polar surface area (TPSA) is 42.9 Å². The maximum atomic E-state index is 11.6. The van der Waals surface area contributed by atoms with Gasteiger partial charge in [0.1, 0.15) is 11.5 Å². The summed E-state index contributed by atoms with van der Waals surface area (Å²) >= 11 is 0. The number of carbonyl (C=O) groups excluding carboxylic acids is 1. The Balaban J connectivity index is 2.61. The van der Waals surface area contributed by atoms with Crippen molar-refractivity contribution in [1.29, 1.82) is 0 Å². The summed E-state index contributed by atoms with van der Waals surface area (Å²) in [7, 11) is 0. The molecule has 0 radical (unpaired) electrons. The molecule has 0 aromatic carbocycles. The number of Topliss-reactive ketones (excluding diaryl/α,β-unsaturated/α-hetero) is 1. The third-order valence-corrected chi connectivity index (χ3v) is 2.01. The number of hydrogen-bond donors (Lipinski definition) is 0. The molecular weight excluding hydrogens is 176 g/mol. The summed E-state index contributed by atoms with van der Waals surface area (Å²) < 4.78 is 0. The molecule has 14 heavy (non-hydrogen) atoms. The van der Waals surface area contributed by atoms with E-state index in [1.54, 1.807) is 19.2 Å². The first-order valence-electron chi connectivity index (χ1n) is 4.92. The first-order valence-corrected chi connectivity index (χ1v) is 4.92. The van der Waals surface area contributed by atoms with Crippen LogP contribution in [0.3, 0.4) is 0 Å². The molecule has 0 atom stereocenters. The fourth-order valence-electron chi connectivity index (χ4n) is 1.16. The van der Waals surface area contributed by atoms with E-state index >= 15 is 0 Å². The van der Waals surface area contributed by atoms with Gasteiger partial charge in [-0.1, -0.05) is 13.8 Å². The molecule has 0 aliphatic carbocycles. The molecule has 0 bridgehead atoms. The Hall–Kier alpha value is -1.25. The number of rotatable bonds is 4. The molecule has 3 heteroatoms. The zero-order valence-corrected chi connectivity index (χ0v) is 8.95. The lowest BCUT2D eigenvalue weighted by Gasteiger charge is -2.03. The number of carbonyl (C=O) groups is 1. The second kappa shape index (κ2) is 4.84. The van der Waals surface area contributed by atoms with Crippen LogP contribution in [0, 0.1) is 12.8 Å². The lowest BCUT2D eigenvalue weighted by Crippen LogP contribution is -2.05. The van der Waals surface area contributed by atoms with E-state index in [0.717, 1.165) is 6.42 Å². The highest BCUT2D eigenvalue weighted by atomic mass is 16.1. The Bertz CT molecular complexity index is 321. The van der Waals surface area contributed by atoms with Crippen molar-refractivity contribution in [3.05, 3.63) is 23.8 Å². The highest BCUT2D eigenvalue weighted by Gasteiger charge is 2.08. The van der Waals surface area contributed by atoms with Gasteiger partial charge in [-0.2, -0.15) is 0 Å². The molecule has 1 aromatic heterocycles. The second-order valence-electron chi connectivity index (χ2n) is 3.84. The van der Waals surface area contributed by atoms with Crippen molar-refractivity contribution in [2.75, 3.05) is 0 Å². The minimum atomic E-state index is 0.115. The summed E-state index contributed by atoms with van der Waals surface area (Å²) in [4.78, 5) is 19.7. The quantitative estimate of drug-likeness (QED) is 0.688. The normalized spacial score (nSPS) is 10.6.